The lowest BCUT2D eigenvalue weighted by molar-refractivity contribution is 0.256. The van der Waals surface area contributed by atoms with E-state index < -0.39 is 15.9 Å². The van der Waals surface area contributed by atoms with E-state index in [2.05, 4.69) is 21.2 Å². The van der Waals surface area contributed by atoms with E-state index in [4.69, 9.17) is 4.78 Å². The second-order valence-corrected chi connectivity index (χ2v) is 9.75. The number of nitrogens with one attached hydrogen (secondary N) is 3. The molecule has 0 aliphatic heterocycles. The standard InChI is InChI=1S/C20H27N5O3S/c1-12(2)25-15(11-26)10-18(23-25)29(21,28)24-20(27)22-19-16-7-3-5-13(16)9-14-6-4-8-17(14)19/h9-10,12,26H,3-8,11H2,1-2H3,(H3,21,22,24,27,28). The molecule has 2 aliphatic carbocycles. The van der Waals surface area contributed by atoms with Crippen molar-refractivity contribution in [1.82, 2.24) is 14.5 Å². The summed E-state index contributed by atoms with van der Waals surface area (Å²) in [6.07, 6.45) is 6.02. The third-order valence-electron chi connectivity index (χ3n) is 5.68. The highest BCUT2D eigenvalue weighted by Crippen LogP contribution is 2.38. The van der Waals surface area contributed by atoms with Crippen LogP contribution in [0, 0.1) is 4.78 Å². The molecule has 2 aromatic rings. The molecule has 1 aromatic carbocycles. The number of rotatable bonds is 5. The third kappa shape index (κ3) is 3.64. The summed E-state index contributed by atoms with van der Waals surface area (Å²) < 4.78 is 24.9. The lowest BCUT2D eigenvalue weighted by Gasteiger charge is -2.17. The normalized spacial score (nSPS) is 17.1. The molecular formula is C20H27N5O3S. The van der Waals surface area contributed by atoms with Crippen molar-refractivity contribution < 1.29 is 14.1 Å². The first-order valence-corrected chi connectivity index (χ1v) is 11.6. The molecule has 2 aliphatic rings. The summed E-state index contributed by atoms with van der Waals surface area (Å²) in [5.41, 5.74) is 6.21. The fourth-order valence-electron chi connectivity index (χ4n) is 4.40. The van der Waals surface area contributed by atoms with Crippen LogP contribution in [0.2, 0.25) is 0 Å². The van der Waals surface area contributed by atoms with Crippen LogP contribution in [0.3, 0.4) is 0 Å². The number of carbonyl (C=O) groups is 1. The van der Waals surface area contributed by atoms with Gasteiger partial charge in [-0.05, 0) is 74.6 Å². The lowest BCUT2D eigenvalue weighted by atomic mass is 9.99. The predicted molar refractivity (Wildman–Crippen MR) is 110 cm³/mol. The number of benzene rings is 1. The summed E-state index contributed by atoms with van der Waals surface area (Å²) in [4.78, 5) is 12.7. The fraction of sp³-hybridized carbons (Fsp3) is 0.500. The van der Waals surface area contributed by atoms with E-state index in [0.717, 1.165) is 44.2 Å². The molecule has 0 saturated heterocycles. The van der Waals surface area contributed by atoms with E-state index in [-0.39, 0.29) is 17.7 Å². The Hall–Kier alpha value is -2.39. The molecule has 1 heterocycles. The molecule has 0 spiro atoms. The van der Waals surface area contributed by atoms with Gasteiger partial charge < -0.3 is 10.4 Å². The van der Waals surface area contributed by atoms with Gasteiger partial charge in [0.05, 0.1) is 12.3 Å². The van der Waals surface area contributed by atoms with Gasteiger partial charge in [-0.2, -0.15) is 5.10 Å². The largest absolute Gasteiger partial charge is 0.390 e. The van der Waals surface area contributed by atoms with Crippen LogP contribution in [0.4, 0.5) is 10.5 Å². The van der Waals surface area contributed by atoms with Crippen molar-refractivity contribution in [2.45, 2.75) is 70.0 Å². The molecule has 1 unspecified atom stereocenters. The number of fused-ring (bicyclic) bond motifs is 2. The Kier molecular flexibility index (Phi) is 5.12. The van der Waals surface area contributed by atoms with Gasteiger partial charge in [0.2, 0.25) is 0 Å². The van der Waals surface area contributed by atoms with Crippen LogP contribution in [0.15, 0.2) is 17.2 Å². The molecule has 1 aromatic heterocycles. The number of nitrogens with zero attached hydrogens (tertiary/aromatic N) is 2. The van der Waals surface area contributed by atoms with Gasteiger partial charge >= 0.3 is 6.03 Å². The highest BCUT2D eigenvalue weighted by molar-refractivity contribution is 7.91. The van der Waals surface area contributed by atoms with E-state index in [1.54, 1.807) is 0 Å². The quantitative estimate of drug-likeness (QED) is 0.597. The monoisotopic (exact) mass is 417 g/mol. The van der Waals surface area contributed by atoms with Gasteiger partial charge in [-0.25, -0.2) is 18.5 Å². The Morgan fingerprint density at radius 3 is 2.34 bits per heavy atom. The number of amides is 2. The second-order valence-electron chi connectivity index (χ2n) is 8.02. The first-order valence-electron chi connectivity index (χ1n) is 10.0. The van der Waals surface area contributed by atoms with E-state index in [1.165, 1.54) is 33.0 Å². The molecule has 156 valence electrons. The molecule has 0 radical (unpaired) electrons. The Labute approximate surface area is 170 Å². The Bertz CT molecular complexity index is 1040. The summed E-state index contributed by atoms with van der Waals surface area (Å²) in [6.45, 7) is 3.46. The molecule has 0 saturated carbocycles. The highest BCUT2D eigenvalue weighted by Gasteiger charge is 2.26. The molecule has 4 rings (SSSR count). The number of aryl methyl sites for hydroxylation is 2. The predicted octanol–water partition coefficient (Wildman–Crippen LogP) is 3.08. The van der Waals surface area contributed by atoms with Gasteiger partial charge in [0.15, 0.2) is 14.9 Å². The van der Waals surface area contributed by atoms with Crippen molar-refractivity contribution in [3.8, 4) is 0 Å². The van der Waals surface area contributed by atoms with Crippen molar-refractivity contribution in [3.05, 3.63) is 40.1 Å². The van der Waals surface area contributed by atoms with Gasteiger partial charge in [-0.3, -0.25) is 4.68 Å². The third-order valence-corrected chi connectivity index (χ3v) is 6.95. The van der Waals surface area contributed by atoms with Crippen LogP contribution in [0.5, 0.6) is 0 Å². The van der Waals surface area contributed by atoms with Gasteiger partial charge in [0.25, 0.3) is 0 Å². The number of urea groups is 1. The molecule has 9 heteroatoms. The average Bonchev–Trinajstić information content (AvgIpc) is 3.39. The summed E-state index contributed by atoms with van der Waals surface area (Å²) in [7, 11) is -3.66. The number of aliphatic hydroxyl groups is 1. The molecule has 8 nitrogen and oxygen atoms in total. The summed E-state index contributed by atoms with van der Waals surface area (Å²) in [5.74, 6) is 0. The van der Waals surface area contributed by atoms with Crippen molar-refractivity contribution >= 4 is 21.6 Å². The smallest absolute Gasteiger partial charge is 0.332 e. The molecule has 4 N–H and O–H groups in total. The van der Waals surface area contributed by atoms with Crippen molar-refractivity contribution in [2.75, 3.05) is 5.32 Å². The lowest BCUT2D eigenvalue weighted by Crippen LogP contribution is -2.34. The van der Waals surface area contributed by atoms with Crippen molar-refractivity contribution in [3.63, 3.8) is 0 Å². The van der Waals surface area contributed by atoms with Gasteiger partial charge in [-0.1, -0.05) is 6.07 Å². The van der Waals surface area contributed by atoms with Crippen molar-refractivity contribution in [2.24, 2.45) is 0 Å². The molecule has 29 heavy (non-hydrogen) atoms. The van der Waals surface area contributed by atoms with E-state index in [9.17, 15) is 14.1 Å². The SMILES string of the molecule is CC(C)n1nc(S(=N)(=O)NC(=O)Nc2c3c(cc4c2CCC4)CCC3)cc1CO. The number of anilines is 1. The number of hydrogen-bond acceptors (Lipinski definition) is 5. The van der Waals surface area contributed by atoms with Gasteiger partial charge in [0.1, 0.15) is 0 Å². The van der Waals surface area contributed by atoms with Crippen LogP contribution in [0.25, 0.3) is 0 Å². The van der Waals surface area contributed by atoms with Gasteiger partial charge in [0, 0.05) is 17.8 Å². The Balaban J connectivity index is 1.58. The summed E-state index contributed by atoms with van der Waals surface area (Å²) >= 11 is 0. The zero-order chi connectivity index (χ0) is 20.8. The minimum absolute atomic E-state index is 0.0612. The number of carbonyl (C=O) groups excluding carboxylic acids is 1. The number of hydrogen-bond donors (Lipinski definition) is 4. The highest BCUT2D eigenvalue weighted by atomic mass is 32.2. The zero-order valence-electron chi connectivity index (χ0n) is 16.7. The van der Waals surface area contributed by atoms with Gasteiger partial charge in [-0.15, -0.1) is 0 Å². The average molecular weight is 418 g/mol. The van der Waals surface area contributed by atoms with E-state index >= 15 is 0 Å². The van der Waals surface area contributed by atoms with E-state index in [0.29, 0.717) is 5.69 Å². The maximum atomic E-state index is 12.9. The maximum Gasteiger partial charge on any atom is 0.332 e. The Morgan fingerprint density at radius 2 is 1.83 bits per heavy atom. The molecule has 0 fully saturated rings. The first kappa shape index (κ1) is 19.9. The number of aromatic nitrogens is 2. The first-order chi connectivity index (χ1) is 13.8. The topological polar surface area (TPSA) is 120 Å². The second kappa shape index (κ2) is 7.46. The zero-order valence-corrected chi connectivity index (χ0v) is 17.6. The van der Waals surface area contributed by atoms with Crippen LogP contribution in [0.1, 0.15) is 60.7 Å². The molecule has 0 bridgehead atoms. The minimum Gasteiger partial charge on any atom is -0.390 e. The summed E-state index contributed by atoms with van der Waals surface area (Å²) in [6, 6.07) is 2.96. The number of aliphatic hydroxyl groups excluding tert-OH is 1. The fourth-order valence-corrected chi connectivity index (χ4v) is 5.32. The van der Waals surface area contributed by atoms with E-state index in [1.807, 2.05) is 13.8 Å². The van der Waals surface area contributed by atoms with Crippen LogP contribution < -0.4 is 10.0 Å². The minimum atomic E-state index is -3.66. The van der Waals surface area contributed by atoms with Crippen LogP contribution >= 0.6 is 0 Å². The van der Waals surface area contributed by atoms with Crippen molar-refractivity contribution in [1.29, 1.82) is 4.78 Å². The maximum absolute atomic E-state index is 12.9. The van der Waals surface area contributed by atoms with Crippen LogP contribution in [-0.2, 0) is 42.2 Å². The Morgan fingerprint density at radius 1 is 1.21 bits per heavy atom. The molecular weight excluding hydrogens is 390 g/mol. The molecule has 2 amide bonds. The van der Waals surface area contributed by atoms with Crippen LogP contribution in [-0.4, -0.2) is 25.1 Å². The molecule has 1 atom stereocenters. The summed E-state index contributed by atoms with van der Waals surface area (Å²) in [5, 5.41) is 16.5.